The normalized spacial score (nSPS) is 19.8. The lowest BCUT2D eigenvalue weighted by atomic mass is 10.2. The molecule has 7 heteroatoms. The molecule has 2 N–H and O–H groups in total. The maximum atomic E-state index is 13.6. The van der Waals surface area contributed by atoms with Crippen LogP contribution in [0.3, 0.4) is 0 Å². The van der Waals surface area contributed by atoms with Gasteiger partial charge in [-0.1, -0.05) is 15.9 Å². The molecule has 0 bridgehead atoms. The molecule has 0 amide bonds. The second-order valence-corrected chi connectivity index (χ2v) is 7.21. The Bertz CT molecular complexity index is 545. The lowest BCUT2D eigenvalue weighted by molar-refractivity contribution is 0.532. The molecule has 1 atom stereocenters. The highest BCUT2D eigenvalue weighted by Crippen LogP contribution is 2.19. The van der Waals surface area contributed by atoms with Crippen LogP contribution in [0.2, 0.25) is 0 Å². The summed E-state index contributed by atoms with van der Waals surface area (Å²) in [7, 11) is -3.77. The number of sulfonamides is 1. The molecule has 0 aliphatic carbocycles. The zero-order chi connectivity index (χ0) is 13.9. The van der Waals surface area contributed by atoms with Crippen molar-refractivity contribution in [3.8, 4) is 0 Å². The summed E-state index contributed by atoms with van der Waals surface area (Å²) in [6.45, 7) is 1.30. The molecular weight excluding hydrogens is 335 g/mol. The van der Waals surface area contributed by atoms with E-state index in [0.29, 0.717) is 17.1 Å². The molecule has 1 aromatic carbocycles. The van der Waals surface area contributed by atoms with E-state index in [1.54, 1.807) is 0 Å². The van der Waals surface area contributed by atoms with Crippen LogP contribution in [0.4, 0.5) is 4.39 Å². The lowest BCUT2D eigenvalue weighted by Crippen LogP contribution is -2.31. The summed E-state index contributed by atoms with van der Waals surface area (Å²) in [5.41, 5.74) is 0. The predicted molar refractivity (Wildman–Crippen MR) is 74.9 cm³/mol. The molecule has 2 rings (SSSR count). The molecule has 1 fully saturated rings. The minimum absolute atomic E-state index is 0.310. The molecule has 1 saturated heterocycles. The van der Waals surface area contributed by atoms with Gasteiger partial charge in [-0.05, 0) is 44.0 Å². The SMILES string of the molecule is O=S(=O)(NCC[C@@H]1CCCN1)c1ccc(Br)cc1F. The molecule has 0 radical (unpaired) electrons. The van der Waals surface area contributed by atoms with Crippen LogP contribution >= 0.6 is 15.9 Å². The largest absolute Gasteiger partial charge is 0.314 e. The van der Waals surface area contributed by atoms with Gasteiger partial charge in [-0.25, -0.2) is 17.5 Å². The van der Waals surface area contributed by atoms with Crippen LogP contribution in [0.5, 0.6) is 0 Å². The van der Waals surface area contributed by atoms with Crippen molar-refractivity contribution in [1.82, 2.24) is 10.0 Å². The lowest BCUT2D eigenvalue weighted by Gasteiger charge is -2.11. The first kappa shape index (κ1) is 14.9. The van der Waals surface area contributed by atoms with Gasteiger partial charge in [-0.15, -0.1) is 0 Å². The maximum Gasteiger partial charge on any atom is 0.243 e. The third kappa shape index (κ3) is 3.98. The summed E-state index contributed by atoms with van der Waals surface area (Å²) in [6.07, 6.45) is 2.91. The van der Waals surface area contributed by atoms with Gasteiger partial charge < -0.3 is 5.32 Å². The van der Waals surface area contributed by atoms with E-state index in [1.165, 1.54) is 12.1 Å². The molecule has 0 spiro atoms. The Balaban J connectivity index is 1.97. The highest BCUT2D eigenvalue weighted by Gasteiger charge is 2.20. The van der Waals surface area contributed by atoms with Gasteiger partial charge in [0, 0.05) is 17.1 Å². The van der Waals surface area contributed by atoms with Crippen molar-refractivity contribution in [2.75, 3.05) is 13.1 Å². The van der Waals surface area contributed by atoms with E-state index >= 15 is 0 Å². The number of rotatable bonds is 5. The fourth-order valence-corrected chi connectivity index (χ4v) is 3.58. The van der Waals surface area contributed by atoms with Crippen molar-refractivity contribution in [2.24, 2.45) is 0 Å². The van der Waals surface area contributed by atoms with Gasteiger partial charge in [0.2, 0.25) is 10.0 Å². The second kappa shape index (κ2) is 6.30. The minimum Gasteiger partial charge on any atom is -0.314 e. The Morgan fingerprint density at radius 2 is 2.26 bits per heavy atom. The zero-order valence-corrected chi connectivity index (χ0v) is 12.7. The van der Waals surface area contributed by atoms with Crippen molar-refractivity contribution in [2.45, 2.75) is 30.2 Å². The van der Waals surface area contributed by atoms with Gasteiger partial charge in [-0.2, -0.15) is 0 Å². The fraction of sp³-hybridized carbons (Fsp3) is 0.500. The van der Waals surface area contributed by atoms with E-state index in [-0.39, 0.29) is 4.90 Å². The Morgan fingerprint density at radius 3 is 2.89 bits per heavy atom. The Morgan fingerprint density at radius 1 is 1.47 bits per heavy atom. The van der Waals surface area contributed by atoms with Crippen molar-refractivity contribution in [1.29, 1.82) is 0 Å². The highest BCUT2D eigenvalue weighted by molar-refractivity contribution is 9.10. The molecule has 0 aromatic heterocycles. The number of halogens is 2. The van der Waals surface area contributed by atoms with Crippen molar-refractivity contribution >= 4 is 26.0 Å². The van der Waals surface area contributed by atoms with E-state index < -0.39 is 15.8 Å². The first-order chi connectivity index (χ1) is 8.99. The summed E-state index contributed by atoms with van der Waals surface area (Å²) in [4.78, 5) is -0.310. The maximum absolute atomic E-state index is 13.6. The first-order valence-corrected chi connectivity index (χ1v) is 8.45. The minimum atomic E-state index is -3.77. The molecule has 4 nitrogen and oxygen atoms in total. The number of hydrogen-bond donors (Lipinski definition) is 2. The monoisotopic (exact) mass is 350 g/mol. The van der Waals surface area contributed by atoms with Gasteiger partial charge in [0.15, 0.2) is 0 Å². The standard InChI is InChI=1S/C12H16BrFN2O2S/c13-9-3-4-12(11(14)8-9)19(17,18)16-7-5-10-2-1-6-15-10/h3-4,8,10,15-16H,1-2,5-7H2/t10-/m0/s1. The molecule has 106 valence electrons. The zero-order valence-electron chi connectivity index (χ0n) is 10.3. The number of hydrogen-bond acceptors (Lipinski definition) is 3. The van der Waals surface area contributed by atoms with Crippen LogP contribution in [0.15, 0.2) is 27.6 Å². The molecular formula is C12H16BrFN2O2S. The van der Waals surface area contributed by atoms with Crippen LogP contribution in [-0.4, -0.2) is 27.5 Å². The molecule has 19 heavy (non-hydrogen) atoms. The smallest absolute Gasteiger partial charge is 0.243 e. The van der Waals surface area contributed by atoms with E-state index in [0.717, 1.165) is 31.9 Å². The Hall–Kier alpha value is -0.500. The first-order valence-electron chi connectivity index (χ1n) is 6.17. The van der Waals surface area contributed by atoms with Gasteiger partial charge in [0.05, 0.1) is 0 Å². The number of benzene rings is 1. The summed E-state index contributed by atoms with van der Waals surface area (Å²) < 4.78 is 40.5. The quantitative estimate of drug-likeness (QED) is 0.853. The summed E-state index contributed by atoms with van der Waals surface area (Å²) >= 11 is 3.10. The highest BCUT2D eigenvalue weighted by atomic mass is 79.9. The topological polar surface area (TPSA) is 58.2 Å². The van der Waals surface area contributed by atoms with E-state index in [2.05, 4.69) is 26.0 Å². The van der Waals surface area contributed by atoms with E-state index in [1.807, 2.05) is 0 Å². The van der Waals surface area contributed by atoms with Gasteiger partial charge >= 0.3 is 0 Å². The third-order valence-electron chi connectivity index (χ3n) is 3.13. The Kier molecular flexibility index (Phi) is 4.94. The second-order valence-electron chi connectivity index (χ2n) is 4.55. The molecule has 1 aromatic rings. The summed E-state index contributed by atoms with van der Waals surface area (Å²) in [5, 5.41) is 3.29. The van der Waals surface area contributed by atoms with Crippen LogP contribution in [0, 0.1) is 5.82 Å². The van der Waals surface area contributed by atoms with Gasteiger partial charge in [-0.3, -0.25) is 0 Å². The predicted octanol–water partition coefficient (Wildman–Crippen LogP) is 2.01. The average molecular weight is 351 g/mol. The van der Waals surface area contributed by atoms with Crippen LogP contribution in [-0.2, 0) is 10.0 Å². The molecule has 1 aliphatic rings. The molecule has 0 saturated carbocycles. The average Bonchev–Trinajstić information content (AvgIpc) is 2.81. The molecule has 1 heterocycles. The van der Waals surface area contributed by atoms with Gasteiger partial charge in [0.25, 0.3) is 0 Å². The Labute approximate surface area is 121 Å². The van der Waals surface area contributed by atoms with Crippen molar-refractivity contribution in [3.05, 3.63) is 28.5 Å². The summed E-state index contributed by atoms with van der Waals surface area (Å²) in [5.74, 6) is -0.749. The third-order valence-corrected chi connectivity index (χ3v) is 5.12. The van der Waals surface area contributed by atoms with Crippen LogP contribution < -0.4 is 10.0 Å². The van der Waals surface area contributed by atoms with Crippen LogP contribution in [0.1, 0.15) is 19.3 Å². The molecule has 0 unspecified atom stereocenters. The van der Waals surface area contributed by atoms with Crippen LogP contribution in [0.25, 0.3) is 0 Å². The number of nitrogens with one attached hydrogen (secondary N) is 2. The molecule has 1 aliphatic heterocycles. The van der Waals surface area contributed by atoms with Gasteiger partial charge in [0.1, 0.15) is 10.7 Å². The summed E-state index contributed by atoms with van der Waals surface area (Å²) in [6, 6.07) is 4.27. The fourth-order valence-electron chi connectivity index (χ4n) is 2.14. The van der Waals surface area contributed by atoms with Crippen molar-refractivity contribution in [3.63, 3.8) is 0 Å². The van der Waals surface area contributed by atoms with E-state index in [9.17, 15) is 12.8 Å². The van der Waals surface area contributed by atoms with Crippen molar-refractivity contribution < 1.29 is 12.8 Å². The van der Waals surface area contributed by atoms with E-state index in [4.69, 9.17) is 0 Å².